The number of benzene rings is 2. The average molecular weight is 382 g/mol. The Labute approximate surface area is 159 Å². The van der Waals surface area contributed by atoms with Crippen LogP contribution in [0.5, 0.6) is 0 Å². The Morgan fingerprint density at radius 3 is 2.26 bits per heavy atom. The Morgan fingerprint density at radius 1 is 1.00 bits per heavy atom. The largest absolute Gasteiger partial charge is 0.345 e. The summed E-state index contributed by atoms with van der Waals surface area (Å²) < 4.78 is 24.6. The summed E-state index contributed by atoms with van der Waals surface area (Å²) in [7, 11) is -1.83. The van der Waals surface area contributed by atoms with Crippen molar-refractivity contribution in [2.24, 2.45) is 12.2 Å². The van der Waals surface area contributed by atoms with Crippen LogP contribution in [0.2, 0.25) is 0 Å². The number of hydrogen-bond donors (Lipinski definition) is 1. The van der Waals surface area contributed by atoms with Gasteiger partial charge in [-0.15, -0.1) is 0 Å². The first-order chi connectivity index (χ1) is 12.7. The number of aromatic nitrogens is 1. The molecular weight excluding hydrogens is 360 g/mol. The first-order valence-electron chi connectivity index (χ1n) is 8.55. The van der Waals surface area contributed by atoms with E-state index in [1.807, 2.05) is 55.8 Å². The van der Waals surface area contributed by atoms with Crippen molar-refractivity contribution >= 4 is 15.8 Å². The molecule has 0 aliphatic rings. The second kappa shape index (κ2) is 7.13. The van der Waals surface area contributed by atoms with Crippen LogP contribution in [-0.4, -0.2) is 18.8 Å². The Bertz CT molecular complexity index is 1110. The fraction of sp³-hybridized carbons (Fsp3) is 0.190. The van der Waals surface area contributed by atoms with Crippen LogP contribution in [0.4, 0.5) is 0 Å². The van der Waals surface area contributed by atoms with Gasteiger partial charge in [0, 0.05) is 24.7 Å². The standard InChI is InChI=1S/C21H22N2O3S/c1-14-4-10-19(15(2)12-14)21(24)20-11-7-17(23(20)3)13-16-5-8-18(9-6-16)27(22,25)26/h4-12H,13H2,1-3H3,(H2,22,25,26). The zero-order valence-corrected chi connectivity index (χ0v) is 16.4. The second-order valence-corrected chi connectivity index (χ2v) is 8.34. The van der Waals surface area contributed by atoms with Crippen molar-refractivity contribution in [3.63, 3.8) is 0 Å². The summed E-state index contributed by atoms with van der Waals surface area (Å²) in [5, 5.41) is 5.13. The molecule has 0 unspecified atom stereocenters. The lowest BCUT2D eigenvalue weighted by Gasteiger charge is -2.10. The molecule has 0 aliphatic heterocycles. The number of primary sulfonamides is 1. The van der Waals surface area contributed by atoms with Crippen LogP contribution in [0.3, 0.4) is 0 Å². The summed E-state index contributed by atoms with van der Waals surface area (Å²) in [5.41, 5.74) is 5.31. The van der Waals surface area contributed by atoms with E-state index in [4.69, 9.17) is 5.14 Å². The van der Waals surface area contributed by atoms with Crippen molar-refractivity contribution in [1.82, 2.24) is 4.57 Å². The van der Waals surface area contributed by atoms with E-state index in [2.05, 4.69) is 0 Å². The highest BCUT2D eigenvalue weighted by Gasteiger charge is 2.17. The van der Waals surface area contributed by atoms with Gasteiger partial charge in [0.25, 0.3) is 0 Å². The van der Waals surface area contributed by atoms with Gasteiger partial charge >= 0.3 is 0 Å². The Hall–Kier alpha value is -2.70. The fourth-order valence-electron chi connectivity index (χ4n) is 3.17. The van der Waals surface area contributed by atoms with Crippen LogP contribution in [0, 0.1) is 13.8 Å². The minimum atomic E-state index is -3.70. The first kappa shape index (κ1) is 19.1. The van der Waals surface area contributed by atoms with E-state index in [0.717, 1.165) is 22.4 Å². The molecule has 0 spiro atoms. The third kappa shape index (κ3) is 4.02. The number of rotatable bonds is 5. The SMILES string of the molecule is Cc1ccc(C(=O)c2ccc(Cc3ccc(S(N)(=O)=O)cc3)n2C)c(C)c1. The molecule has 1 heterocycles. The molecule has 6 heteroatoms. The number of sulfonamides is 1. The molecular formula is C21H22N2O3S. The number of nitrogens with zero attached hydrogens (tertiary/aromatic N) is 1. The molecule has 2 aromatic carbocycles. The summed E-state index contributed by atoms with van der Waals surface area (Å²) in [6, 6.07) is 16.0. The lowest BCUT2D eigenvalue weighted by atomic mass is 10.0. The van der Waals surface area contributed by atoms with Crippen molar-refractivity contribution < 1.29 is 13.2 Å². The maximum absolute atomic E-state index is 12.9. The average Bonchev–Trinajstić information content (AvgIpc) is 2.95. The van der Waals surface area contributed by atoms with E-state index in [0.29, 0.717) is 17.7 Å². The van der Waals surface area contributed by atoms with Crippen LogP contribution < -0.4 is 5.14 Å². The lowest BCUT2D eigenvalue weighted by molar-refractivity contribution is 0.103. The van der Waals surface area contributed by atoms with Crippen molar-refractivity contribution in [1.29, 1.82) is 0 Å². The van der Waals surface area contributed by atoms with Gasteiger partial charge in [-0.2, -0.15) is 0 Å². The number of nitrogens with two attached hydrogens (primary N) is 1. The molecule has 2 N–H and O–H groups in total. The number of ketones is 1. The van der Waals surface area contributed by atoms with Gasteiger partial charge in [-0.3, -0.25) is 4.79 Å². The van der Waals surface area contributed by atoms with Gasteiger partial charge in [0.1, 0.15) is 0 Å². The molecule has 0 bridgehead atoms. The van der Waals surface area contributed by atoms with E-state index < -0.39 is 10.0 Å². The summed E-state index contributed by atoms with van der Waals surface area (Å²) in [6.07, 6.45) is 0.585. The van der Waals surface area contributed by atoms with Crippen LogP contribution in [0.25, 0.3) is 0 Å². The number of carbonyl (C=O) groups is 1. The molecule has 0 fully saturated rings. The molecule has 0 atom stereocenters. The number of hydrogen-bond acceptors (Lipinski definition) is 3. The Balaban J connectivity index is 1.86. The molecule has 1 aromatic heterocycles. The second-order valence-electron chi connectivity index (χ2n) is 6.78. The predicted molar refractivity (Wildman–Crippen MR) is 105 cm³/mol. The Kier molecular flexibility index (Phi) is 5.04. The van der Waals surface area contributed by atoms with Crippen molar-refractivity contribution in [3.05, 3.63) is 88.2 Å². The quantitative estimate of drug-likeness (QED) is 0.688. The van der Waals surface area contributed by atoms with Gasteiger partial charge in [-0.05, 0) is 49.2 Å². The molecule has 27 heavy (non-hydrogen) atoms. The fourth-order valence-corrected chi connectivity index (χ4v) is 3.69. The lowest BCUT2D eigenvalue weighted by Crippen LogP contribution is -2.12. The van der Waals surface area contributed by atoms with Crippen LogP contribution in [-0.2, 0) is 23.5 Å². The number of carbonyl (C=O) groups excluding carboxylic acids is 1. The van der Waals surface area contributed by atoms with Crippen LogP contribution >= 0.6 is 0 Å². The van der Waals surface area contributed by atoms with Crippen molar-refractivity contribution in [3.8, 4) is 0 Å². The minimum absolute atomic E-state index is 0.00850. The van der Waals surface area contributed by atoms with Gasteiger partial charge in [0.15, 0.2) is 0 Å². The third-order valence-corrected chi connectivity index (χ3v) is 5.65. The minimum Gasteiger partial charge on any atom is -0.345 e. The van der Waals surface area contributed by atoms with Gasteiger partial charge in [0.2, 0.25) is 15.8 Å². The van der Waals surface area contributed by atoms with Gasteiger partial charge in [-0.25, -0.2) is 13.6 Å². The first-order valence-corrected chi connectivity index (χ1v) is 10.1. The van der Waals surface area contributed by atoms with Crippen LogP contribution in [0.1, 0.15) is 38.4 Å². The summed E-state index contributed by atoms with van der Waals surface area (Å²) in [5.74, 6) is -0.00850. The highest BCUT2D eigenvalue weighted by molar-refractivity contribution is 7.89. The maximum Gasteiger partial charge on any atom is 0.238 e. The molecule has 0 amide bonds. The van der Waals surface area contributed by atoms with E-state index in [1.165, 1.54) is 12.1 Å². The van der Waals surface area contributed by atoms with E-state index in [1.54, 1.807) is 12.1 Å². The molecule has 0 saturated heterocycles. The highest BCUT2D eigenvalue weighted by atomic mass is 32.2. The number of aryl methyl sites for hydroxylation is 2. The summed E-state index contributed by atoms with van der Waals surface area (Å²) in [4.78, 5) is 13.0. The van der Waals surface area contributed by atoms with E-state index >= 15 is 0 Å². The van der Waals surface area contributed by atoms with Crippen molar-refractivity contribution in [2.75, 3.05) is 0 Å². The molecule has 140 valence electrons. The molecule has 0 saturated carbocycles. The predicted octanol–water partition coefficient (Wildman–Crippen LogP) is 3.11. The Morgan fingerprint density at radius 2 is 1.67 bits per heavy atom. The van der Waals surface area contributed by atoms with E-state index in [-0.39, 0.29) is 10.7 Å². The topological polar surface area (TPSA) is 82.2 Å². The van der Waals surface area contributed by atoms with Gasteiger partial charge < -0.3 is 4.57 Å². The molecule has 5 nitrogen and oxygen atoms in total. The third-order valence-electron chi connectivity index (χ3n) is 4.72. The summed E-state index contributed by atoms with van der Waals surface area (Å²) >= 11 is 0. The van der Waals surface area contributed by atoms with E-state index in [9.17, 15) is 13.2 Å². The monoisotopic (exact) mass is 382 g/mol. The molecule has 0 radical (unpaired) electrons. The summed E-state index contributed by atoms with van der Waals surface area (Å²) in [6.45, 7) is 3.94. The smallest absolute Gasteiger partial charge is 0.238 e. The molecule has 3 rings (SSSR count). The normalized spacial score (nSPS) is 11.6. The van der Waals surface area contributed by atoms with Gasteiger partial charge in [-0.1, -0.05) is 35.9 Å². The van der Waals surface area contributed by atoms with Crippen molar-refractivity contribution in [2.45, 2.75) is 25.2 Å². The van der Waals surface area contributed by atoms with Gasteiger partial charge in [0.05, 0.1) is 10.6 Å². The maximum atomic E-state index is 12.9. The zero-order valence-electron chi connectivity index (χ0n) is 15.6. The molecule has 0 aliphatic carbocycles. The van der Waals surface area contributed by atoms with Crippen LogP contribution in [0.15, 0.2) is 59.5 Å². The molecule has 3 aromatic rings. The zero-order chi connectivity index (χ0) is 19.8. The highest BCUT2D eigenvalue weighted by Crippen LogP contribution is 2.19.